The largest absolute Gasteiger partial charge is 0.307 e. The van der Waals surface area contributed by atoms with Crippen molar-refractivity contribution in [2.45, 2.75) is 66.0 Å². The van der Waals surface area contributed by atoms with Crippen LogP contribution < -0.4 is 5.32 Å². The third-order valence-corrected chi connectivity index (χ3v) is 4.27. The molecule has 0 bridgehead atoms. The highest BCUT2D eigenvalue weighted by molar-refractivity contribution is 5.09. The Morgan fingerprint density at radius 2 is 1.84 bits per heavy atom. The fourth-order valence-corrected chi connectivity index (χ4v) is 4.08. The second-order valence-electron chi connectivity index (χ2n) is 7.95. The lowest BCUT2D eigenvalue weighted by molar-refractivity contribution is 0.0811. The molecular weight excluding hydrogens is 234 g/mol. The van der Waals surface area contributed by atoms with Gasteiger partial charge in [-0.25, -0.2) is 0 Å². The molecule has 2 rings (SSSR count). The van der Waals surface area contributed by atoms with Gasteiger partial charge in [0.05, 0.1) is 6.20 Å². The van der Waals surface area contributed by atoms with Crippen LogP contribution >= 0.6 is 0 Å². The van der Waals surface area contributed by atoms with Crippen molar-refractivity contribution in [3.05, 3.63) is 18.0 Å². The van der Waals surface area contributed by atoms with E-state index in [1.165, 1.54) is 24.8 Å². The van der Waals surface area contributed by atoms with Gasteiger partial charge < -0.3 is 5.32 Å². The van der Waals surface area contributed by atoms with E-state index >= 15 is 0 Å². The molecule has 1 saturated carbocycles. The van der Waals surface area contributed by atoms with Gasteiger partial charge in [0.2, 0.25) is 0 Å². The summed E-state index contributed by atoms with van der Waals surface area (Å²) < 4.78 is 1.88. The predicted octanol–water partition coefficient (Wildman–Crippen LogP) is 3.68. The second kappa shape index (κ2) is 4.93. The van der Waals surface area contributed by atoms with Crippen LogP contribution in [0, 0.1) is 10.8 Å². The topological polar surface area (TPSA) is 29.9 Å². The molecule has 19 heavy (non-hydrogen) atoms. The van der Waals surface area contributed by atoms with E-state index in [0.717, 1.165) is 0 Å². The highest BCUT2D eigenvalue weighted by Crippen LogP contribution is 2.46. The lowest BCUT2D eigenvalue weighted by Crippen LogP contribution is -2.44. The lowest BCUT2D eigenvalue weighted by atomic mass is 9.63. The van der Waals surface area contributed by atoms with Gasteiger partial charge in [0.25, 0.3) is 0 Å². The summed E-state index contributed by atoms with van der Waals surface area (Å²) in [6, 6.07) is 0.984. The average molecular weight is 263 g/mol. The third-order valence-electron chi connectivity index (χ3n) is 4.27. The Morgan fingerprint density at radius 1 is 1.26 bits per heavy atom. The summed E-state index contributed by atoms with van der Waals surface area (Å²) in [4.78, 5) is 0. The number of aromatic nitrogens is 2. The Bertz CT molecular complexity index is 415. The van der Waals surface area contributed by atoms with Crippen molar-refractivity contribution in [1.82, 2.24) is 15.1 Å². The molecule has 1 unspecified atom stereocenters. The van der Waals surface area contributed by atoms with E-state index in [1.54, 1.807) is 0 Å². The van der Waals surface area contributed by atoms with Gasteiger partial charge in [-0.1, -0.05) is 27.7 Å². The summed E-state index contributed by atoms with van der Waals surface area (Å²) in [6.45, 7) is 11.8. The Hall–Kier alpha value is -0.830. The molecular formula is C16H29N3. The van der Waals surface area contributed by atoms with Crippen LogP contribution in [0.15, 0.2) is 12.4 Å². The van der Waals surface area contributed by atoms with Gasteiger partial charge in [-0.3, -0.25) is 4.68 Å². The van der Waals surface area contributed by atoms with Crippen molar-refractivity contribution >= 4 is 0 Å². The number of nitrogens with zero attached hydrogens (tertiary/aromatic N) is 2. The molecule has 0 saturated heterocycles. The first kappa shape index (κ1) is 14.6. The number of hydrogen-bond acceptors (Lipinski definition) is 2. The summed E-state index contributed by atoms with van der Waals surface area (Å²) in [5.41, 5.74) is 2.16. The number of aryl methyl sites for hydroxylation is 1. The van der Waals surface area contributed by atoms with E-state index in [2.05, 4.69) is 51.2 Å². The van der Waals surface area contributed by atoms with E-state index in [4.69, 9.17) is 0 Å². The van der Waals surface area contributed by atoms with Crippen LogP contribution in [0.3, 0.4) is 0 Å². The molecule has 1 N–H and O–H groups in total. The minimum absolute atomic E-state index is 0.378. The minimum atomic E-state index is 0.378. The first-order chi connectivity index (χ1) is 8.67. The number of hydrogen-bond donors (Lipinski definition) is 1. The lowest BCUT2D eigenvalue weighted by Gasteiger charge is -2.46. The van der Waals surface area contributed by atoms with Crippen LogP contribution in [0.4, 0.5) is 0 Å². The predicted molar refractivity (Wildman–Crippen MR) is 80.0 cm³/mol. The van der Waals surface area contributed by atoms with E-state index in [1.807, 2.05) is 17.9 Å². The van der Waals surface area contributed by atoms with Gasteiger partial charge in [-0.15, -0.1) is 0 Å². The van der Waals surface area contributed by atoms with Gasteiger partial charge >= 0.3 is 0 Å². The van der Waals surface area contributed by atoms with Gasteiger partial charge in [0.1, 0.15) is 0 Å². The van der Waals surface area contributed by atoms with Crippen molar-refractivity contribution in [2.24, 2.45) is 17.9 Å². The van der Waals surface area contributed by atoms with Crippen molar-refractivity contribution < 1.29 is 0 Å². The van der Waals surface area contributed by atoms with Gasteiger partial charge in [-0.05, 0) is 37.0 Å². The van der Waals surface area contributed by atoms with Crippen molar-refractivity contribution in [2.75, 3.05) is 0 Å². The Balaban J connectivity index is 2.02. The maximum Gasteiger partial charge on any atom is 0.0537 e. The molecule has 1 aliphatic rings. The van der Waals surface area contributed by atoms with Crippen LogP contribution in [0.2, 0.25) is 0 Å². The SMILES string of the molecule is CC(NC1CC(C)(C)CC(C)(C)C1)c1cnn(C)c1. The Labute approximate surface area is 117 Å². The average Bonchev–Trinajstić information content (AvgIpc) is 2.59. The number of rotatable bonds is 3. The highest BCUT2D eigenvalue weighted by atomic mass is 15.2. The van der Waals surface area contributed by atoms with Crippen LogP contribution in [-0.2, 0) is 7.05 Å². The first-order valence-corrected chi connectivity index (χ1v) is 7.42. The zero-order valence-corrected chi connectivity index (χ0v) is 13.3. The molecule has 1 heterocycles. The van der Waals surface area contributed by atoms with E-state index in [-0.39, 0.29) is 0 Å². The normalized spacial score (nSPS) is 24.3. The Morgan fingerprint density at radius 3 is 2.32 bits per heavy atom. The monoisotopic (exact) mass is 263 g/mol. The molecule has 1 aromatic rings. The summed E-state index contributed by atoms with van der Waals surface area (Å²) >= 11 is 0. The summed E-state index contributed by atoms with van der Waals surface area (Å²) in [5, 5.41) is 8.07. The molecule has 0 amide bonds. The summed E-state index contributed by atoms with van der Waals surface area (Å²) in [7, 11) is 1.98. The zero-order valence-electron chi connectivity index (χ0n) is 13.3. The third kappa shape index (κ3) is 3.82. The molecule has 1 atom stereocenters. The summed E-state index contributed by atoms with van der Waals surface area (Å²) in [5.74, 6) is 0. The van der Waals surface area contributed by atoms with Crippen LogP contribution in [-0.4, -0.2) is 15.8 Å². The quantitative estimate of drug-likeness (QED) is 0.901. The fraction of sp³-hybridized carbons (Fsp3) is 0.812. The molecule has 0 aliphatic heterocycles. The standard InChI is InChI=1S/C16H29N3/c1-12(13-9-17-19(6)10-13)18-14-7-15(2,3)11-16(4,5)8-14/h9-10,12,14,18H,7-8,11H2,1-6H3. The maximum absolute atomic E-state index is 4.26. The van der Waals surface area contributed by atoms with E-state index < -0.39 is 0 Å². The molecule has 1 aliphatic carbocycles. The zero-order chi connectivity index (χ0) is 14.3. The highest BCUT2D eigenvalue weighted by Gasteiger charge is 2.38. The molecule has 3 nitrogen and oxygen atoms in total. The Kier molecular flexibility index (Phi) is 3.78. The summed E-state index contributed by atoms with van der Waals surface area (Å²) in [6.07, 6.45) is 7.93. The fourth-order valence-electron chi connectivity index (χ4n) is 4.08. The van der Waals surface area contributed by atoms with Gasteiger partial charge in [-0.2, -0.15) is 5.10 Å². The van der Waals surface area contributed by atoms with Crippen molar-refractivity contribution in [1.29, 1.82) is 0 Å². The van der Waals surface area contributed by atoms with Gasteiger partial charge in [0, 0.05) is 30.9 Å². The van der Waals surface area contributed by atoms with E-state index in [9.17, 15) is 0 Å². The molecule has 1 fully saturated rings. The smallest absolute Gasteiger partial charge is 0.0537 e. The molecule has 1 aromatic heterocycles. The van der Waals surface area contributed by atoms with E-state index in [0.29, 0.717) is 22.9 Å². The molecule has 0 spiro atoms. The first-order valence-electron chi connectivity index (χ1n) is 7.42. The molecule has 3 heteroatoms. The minimum Gasteiger partial charge on any atom is -0.307 e. The molecule has 108 valence electrons. The van der Waals surface area contributed by atoms with Crippen LogP contribution in [0.5, 0.6) is 0 Å². The van der Waals surface area contributed by atoms with Crippen LogP contribution in [0.25, 0.3) is 0 Å². The van der Waals surface area contributed by atoms with Crippen molar-refractivity contribution in [3.8, 4) is 0 Å². The molecule has 0 aromatic carbocycles. The molecule has 0 radical (unpaired) electrons. The van der Waals surface area contributed by atoms with Crippen molar-refractivity contribution in [3.63, 3.8) is 0 Å². The maximum atomic E-state index is 4.26. The van der Waals surface area contributed by atoms with Gasteiger partial charge in [0.15, 0.2) is 0 Å². The second-order valence-corrected chi connectivity index (χ2v) is 7.95. The van der Waals surface area contributed by atoms with Crippen LogP contribution in [0.1, 0.15) is 65.5 Å². The number of nitrogens with one attached hydrogen (secondary N) is 1.